The topological polar surface area (TPSA) is 32.9 Å². The minimum atomic E-state index is -0.891. The Morgan fingerprint density at radius 2 is 1.87 bits per heavy atom. The lowest BCUT2D eigenvalue weighted by Gasteiger charge is -2.09. The van der Waals surface area contributed by atoms with Gasteiger partial charge in [0, 0.05) is 22.7 Å². The van der Waals surface area contributed by atoms with Crippen LogP contribution in [0.15, 0.2) is 30.5 Å². The van der Waals surface area contributed by atoms with Gasteiger partial charge in [0.1, 0.15) is 0 Å². The average molecular weight is 396 g/mol. The maximum absolute atomic E-state index is 12.0. The Bertz CT molecular complexity index is 513. The van der Waals surface area contributed by atoms with Crippen LogP contribution in [0.5, 0.6) is 0 Å². The number of nitrogens with one attached hydrogen (secondary N) is 1. The number of para-hydroxylation sites is 1. The number of fused-ring (bicyclic) bond motifs is 1. The molecule has 1 N–H and O–H groups in total. The molecular formula is C10H6Br3NO. The third kappa shape index (κ3) is 2.19. The van der Waals surface area contributed by atoms with Crippen molar-refractivity contribution in [3.05, 3.63) is 36.0 Å². The zero-order chi connectivity index (χ0) is 11.1. The van der Waals surface area contributed by atoms with Crippen LogP contribution in [-0.4, -0.2) is 12.9 Å². The van der Waals surface area contributed by atoms with Gasteiger partial charge in [-0.1, -0.05) is 66.0 Å². The van der Waals surface area contributed by atoms with Gasteiger partial charge in [0.25, 0.3) is 0 Å². The SMILES string of the molecule is O=C(c1c[nH]c2ccccc12)C(Br)(Br)Br. The zero-order valence-electron chi connectivity index (χ0n) is 7.43. The molecular weight excluding hydrogens is 390 g/mol. The molecule has 0 aliphatic rings. The van der Waals surface area contributed by atoms with Gasteiger partial charge in [-0.3, -0.25) is 4.79 Å². The third-order valence-corrected chi connectivity index (χ3v) is 3.17. The van der Waals surface area contributed by atoms with Crippen molar-refractivity contribution in [3.63, 3.8) is 0 Å². The molecule has 2 nitrogen and oxygen atoms in total. The molecule has 0 atom stereocenters. The van der Waals surface area contributed by atoms with Crippen molar-refractivity contribution in [3.8, 4) is 0 Å². The summed E-state index contributed by atoms with van der Waals surface area (Å²) >= 11 is 9.66. The lowest BCUT2D eigenvalue weighted by atomic mass is 10.1. The van der Waals surface area contributed by atoms with Crippen LogP contribution < -0.4 is 0 Å². The van der Waals surface area contributed by atoms with E-state index in [1.54, 1.807) is 6.20 Å². The molecule has 15 heavy (non-hydrogen) atoms. The summed E-state index contributed by atoms with van der Waals surface area (Å²) in [6.07, 6.45) is 1.71. The minimum Gasteiger partial charge on any atom is -0.360 e. The van der Waals surface area contributed by atoms with Gasteiger partial charge in [0.2, 0.25) is 5.78 Å². The number of hydrogen-bond donors (Lipinski definition) is 1. The van der Waals surface area contributed by atoms with Crippen molar-refractivity contribution in [2.75, 3.05) is 0 Å². The lowest BCUT2D eigenvalue weighted by molar-refractivity contribution is 0.101. The first-order valence-electron chi connectivity index (χ1n) is 4.18. The molecule has 0 saturated heterocycles. The van der Waals surface area contributed by atoms with E-state index in [1.165, 1.54) is 0 Å². The average Bonchev–Trinajstić information content (AvgIpc) is 2.58. The van der Waals surface area contributed by atoms with Gasteiger partial charge in [0.05, 0.1) is 0 Å². The number of H-pyrrole nitrogens is 1. The van der Waals surface area contributed by atoms with Gasteiger partial charge in [-0.2, -0.15) is 0 Å². The van der Waals surface area contributed by atoms with Crippen molar-refractivity contribution in [2.45, 2.75) is 2.14 Å². The number of hydrogen-bond acceptors (Lipinski definition) is 1. The van der Waals surface area contributed by atoms with E-state index in [4.69, 9.17) is 0 Å². The van der Waals surface area contributed by atoms with E-state index in [1.807, 2.05) is 24.3 Å². The first-order valence-corrected chi connectivity index (χ1v) is 6.55. The minimum absolute atomic E-state index is 0.0695. The number of aromatic nitrogens is 1. The first kappa shape index (κ1) is 11.4. The lowest BCUT2D eigenvalue weighted by Crippen LogP contribution is -2.16. The molecule has 78 valence electrons. The Kier molecular flexibility index (Phi) is 3.05. The molecule has 1 aromatic heterocycles. The Balaban J connectivity index is 2.58. The van der Waals surface area contributed by atoms with Crippen LogP contribution >= 0.6 is 47.8 Å². The van der Waals surface area contributed by atoms with Gasteiger partial charge in [-0.15, -0.1) is 0 Å². The molecule has 5 heteroatoms. The standard InChI is InChI=1S/C10H6Br3NO/c11-10(12,13)9(15)7-5-14-8-4-2-1-3-6(7)8/h1-5,14H. The monoisotopic (exact) mass is 393 g/mol. The van der Waals surface area contributed by atoms with Crippen LogP contribution in [0.3, 0.4) is 0 Å². The molecule has 2 aromatic rings. The number of benzene rings is 1. The maximum Gasteiger partial charge on any atom is 0.203 e. The summed E-state index contributed by atoms with van der Waals surface area (Å²) in [5.74, 6) is -0.0695. The van der Waals surface area contributed by atoms with Gasteiger partial charge in [-0.25, -0.2) is 0 Å². The highest BCUT2D eigenvalue weighted by molar-refractivity contribution is 9.40. The highest BCUT2D eigenvalue weighted by Crippen LogP contribution is 2.38. The number of Topliss-reactive ketones (excluding diaryl/α,β-unsaturated/α-hetero) is 1. The molecule has 0 fully saturated rings. The van der Waals surface area contributed by atoms with Crippen molar-refractivity contribution in [1.82, 2.24) is 4.98 Å². The summed E-state index contributed by atoms with van der Waals surface area (Å²) in [5.41, 5.74) is 1.61. The van der Waals surface area contributed by atoms with Crippen LogP contribution in [0.25, 0.3) is 10.9 Å². The predicted octanol–water partition coefficient (Wildman–Crippen LogP) is 4.19. The summed E-state index contributed by atoms with van der Waals surface area (Å²) in [5, 5.41) is 0.922. The maximum atomic E-state index is 12.0. The molecule has 2 rings (SSSR count). The second kappa shape index (κ2) is 4.03. The molecule has 0 spiro atoms. The molecule has 1 aromatic carbocycles. The molecule has 1 heterocycles. The number of halogens is 3. The predicted molar refractivity (Wildman–Crippen MR) is 72.1 cm³/mol. The summed E-state index contributed by atoms with van der Waals surface area (Å²) in [6, 6.07) is 7.68. The number of carbonyl (C=O) groups excluding carboxylic acids is 1. The Morgan fingerprint density at radius 1 is 1.20 bits per heavy atom. The van der Waals surface area contributed by atoms with Crippen LogP contribution in [0.1, 0.15) is 10.4 Å². The number of ketones is 1. The van der Waals surface area contributed by atoms with Gasteiger partial charge in [-0.05, 0) is 6.07 Å². The van der Waals surface area contributed by atoms with Crippen LogP contribution in [0.4, 0.5) is 0 Å². The zero-order valence-corrected chi connectivity index (χ0v) is 12.2. The third-order valence-electron chi connectivity index (χ3n) is 2.09. The van der Waals surface area contributed by atoms with Crippen molar-refractivity contribution in [2.24, 2.45) is 0 Å². The molecule has 0 aliphatic carbocycles. The van der Waals surface area contributed by atoms with Crippen LogP contribution in [0, 0.1) is 0 Å². The van der Waals surface area contributed by atoms with E-state index >= 15 is 0 Å². The fourth-order valence-electron chi connectivity index (χ4n) is 1.41. The number of rotatable bonds is 1. The second-order valence-corrected chi connectivity index (χ2v) is 9.84. The summed E-state index contributed by atoms with van der Waals surface area (Å²) in [6.45, 7) is 0. The Hall–Kier alpha value is -0.130. The molecule has 0 amide bonds. The van der Waals surface area contributed by atoms with Crippen molar-refractivity contribution >= 4 is 64.5 Å². The van der Waals surface area contributed by atoms with Gasteiger partial charge >= 0.3 is 0 Å². The Labute approximate surface area is 112 Å². The fraction of sp³-hybridized carbons (Fsp3) is 0.100. The van der Waals surface area contributed by atoms with Gasteiger partial charge < -0.3 is 4.98 Å². The van der Waals surface area contributed by atoms with Crippen LogP contribution in [0.2, 0.25) is 0 Å². The molecule has 0 radical (unpaired) electrons. The molecule has 0 aliphatic heterocycles. The number of alkyl halides is 3. The van der Waals surface area contributed by atoms with E-state index < -0.39 is 2.14 Å². The second-order valence-electron chi connectivity index (χ2n) is 3.07. The van der Waals surface area contributed by atoms with E-state index in [9.17, 15) is 4.79 Å². The van der Waals surface area contributed by atoms with E-state index in [2.05, 4.69) is 52.8 Å². The number of carbonyl (C=O) groups is 1. The fourth-order valence-corrected chi connectivity index (χ4v) is 2.05. The van der Waals surface area contributed by atoms with E-state index in [0.717, 1.165) is 10.9 Å². The normalized spacial score (nSPS) is 11.9. The van der Waals surface area contributed by atoms with Gasteiger partial charge in [0.15, 0.2) is 2.14 Å². The number of aromatic amines is 1. The Morgan fingerprint density at radius 3 is 2.53 bits per heavy atom. The van der Waals surface area contributed by atoms with Crippen LogP contribution in [-0.2, 0) is 0 Å². The highest BCUT2D eigenvalue weighted by Gasteiger charge is 2.31. The van der Waals surface area contributed by atoms with E-state index in [0.29, 0.717) is 5.56 Å². The summed E-state index contributed by atoms with van der Waals surface area (Å²) < 4.78 is -0.891. The van der Waals surface area contributed by atoms with Crippen molar-refractivity contribution < 1.29 is 4.79 Å². The molecule has 0 unspecified atom stereocenters. The largest absolute Gasteiger partial charge is 0.360 e. The molecule has 0 bridgehead atoms. The smallest absolute Gasteiger partial charge is 0.203 e. The quantitative estimate of drug-likeness (QED) is 0.570. The molecule has 0 saturated carbocycles. The summed E-state index contributed by atoms with van der Waals surface area (Å²) in [4.78, 5) is 15.0. The van der Waals surface area contributed by atoms with Crippen molar-refractivity contribution in [1.29, 1.82) is 0 Å². The first-order chi connectivity index (χ1) is 7.00. The van der Waals surface area contributed by atoms with E-state index in [-0.39, 0.29) is 5.78 Å². The summed E-state index contributed by atoms with van der Waals surface area (Å²) in [7, 11) is 0. The highest BCUT2D eigenvalue weighted by atomic mass is 80.0.